The van der Waals surface area contributed by atoms with Crippen LogP contribution in [0.4, 0.5) is 11.4 Å². The van der Waals surface area contributed by atoms with Gasteiger partial charge in [-0.25, -0.2) is 0 Å². The number of benzene rings is 2. The van der Waals surface area contributed by atoms with E-state index in [9.17, 15) is 9.81 Å². The van der Waals surface area contributed by atoms with Gasteiger partial charge in [-0.1, -0.05) is 36.4 Å². The van der Waals surface area contributed by atoms with Crippen LogP contribution in [0.15, 0.2) is 71.2 Å². The summed E-state index contributed by atoms with van der Waals surface area (Å²) in [5.74, 6) is 0. The summed E-state index contributed by atoms with van der Waals surface area (Å²) in [5.41, 5.74) is 0.718. The number of nitrogens with zero attached hydrogens (tertiary/aromatic N) is 4. The Kier molecular flexibility index (Phi) is 9.31. The Labute approximate surface area is 130 Å². The first kappa shape index (κ1) is 18.7. The Morgan fingerprint density at radius 1 is 0.667 bits per heavy atom. The molecule has 0 spiro atoms. The number of para-hydroxylation sites is 2. The number of hydrogen-bond acceptors (Lipinski definition) is 6. The first-order valence-electron chi connectivity index (χ1n) is 5.43. The summed E-state index contributed by atoms with van der Waals surface area (Å²) in [5, 5.41) is 22.5. The van der Waals surface area contributed by atoms with Crippen LogP contribution in [0.3, 0.4) is 0 Å². The van der Waals surface area contributed by atoms with Gasteiger partial charge in [-0.15, -0.1) is 20.2 Å². The van der Waals surface area contributed by atoms with Crippen molar-refractivity contribution < 1.29 is 27.5 Å². The molecule has 0 saturated carbocycles. The molecule has 1 radical (unpaired) electrons. The second kappa shape index (κ2) is 10.5. The molecule has 2 rings (SSSR count). The van der Waals surface area contributed by atoms with E-state index in [1.165, 1.54) is 0 Å². The van der Waals surface area contributed by atoms with Gasteiger partial charge in [0.05, 0.1) is 21.9 Å². The Hall–Kier alpha value is -2.32. The topological polar surface area (TPSA) is 106 Å². The summed E-state index contributed by atoms with van der Waals surface area (Å²) >= 11 is 0. The van der Waals surface area contributed by atoms with Crippen molar-refractivity contribution in [3.63, 3.8) is 0 Å². The molecule has 8 nitrogen and oxygen atoms in total. The minimum atomic E-state index is 0. The van der Waals surface area contributed by atoms with E-state index >= 15 is 0 Å². The zero-order valence-electron chi connectivity index (χ0n) is 10.7. The van der Waals surface area contributed by atoms with Gasteiger partial charge >= 0.3 is 0 Å². The van der Waals surface area contributed by atoms with Gasteiger partial charge in [0.1, 0.15) is 0 Å². The summed E-state index contributed by atoms with van der Waals surface area (Å²) in [4.78, 5) is 19.5. The number of nitroso groups, excluding NO2 is 2. The summed E-state index contributed by atoms with van der Waals surface area (Å²) < 4.78 is 0. The van der Waals surface area contributed by atoms with Crippen LogP contribution in [-0.2, 0) is 17.1 Å². The third-order valence-electron chi connectivity index (χ3n) is 2.13. The predicted molar refractivity (Wildman–Crippen MR) is 73.0 cm³/mol. The number of anilines is 2. The summed E-state index contributed by atoms with van der Waals surface area (Å²) in [7, 11) is 0. The van der Waals surface area contributed by atoms with Gasteiger partial charge in [0.2, 0.25) is 0 Å². The third kappa shape index (κ3) is 6.59. The van der Waals surface area contributed by atoms with Crippen molar-refractivity contribution in [2.24, 2.45) is 10.6 Å². The average Bonchev–Trinajstić information content (AvgIpc) is 2.55. The van der Waals surface area contributed by atoms with Crippen molar-refractivity contribution in [3.05, 3.63) is 70.5 Å². The zero-order valence-corrected chi connectivity index (χ0v) is 11.8. The van der Waals surface area contributed by atoms with E-state index in [-0.39, 0.29) is 27.4 Å². The van der Waals surface area contributed by atoms with E-state index in [1.807, 2.05) is 0 Å². The fourth-order valence-corrected chi connectivity index (χ4v) is 1.22. The SMILES string of the molecule is O=NN(O)c1ccccc1.O=NN(O)c1ccccc1.[Mn]. The minimum Gasteiger partial charge on any atom is -0.265 e. The Bertz CT molecular complexity index is 480. The van der Waals surface area contributed by atoms with E-state index in [0.717, 1.165) is 0 Å². The maximum atomic E-state index is 9.73. The summed E-state index contributed by atoms with van der Waals surface area (Å²) in [6.07, 6.45) is 0. The van der Waals surface area contributed by atoms with Gasteiger partial charge in [0, 0.05) is 17.1 Å². The van der Waals surface area contributed by atoms with Crippen LogP contribution < -0.4 is 10.3 Å². The minimum absolute atomic E-state index is 0. The molecule has 0 unspecified atom stereocenters. The molecule has 0 aliphatic heterocycles. The largest absolute Gasteiger partial charge is 0.265 e. The van der Waals surface area contributed by atoms with E-state index in [4.69, 9.17) is 10.4 Å². The first-order chi connectivity index (χ1) is 9.69. The Morgan fingerprint density at radius 2 is 0.952 bits per heavy atom. The molecule has 2 aromatic carbocycles. The van der Waals surface area contributed by atoms with Gasteiger partial charge in [0.25, 0.3) is 0 Å². The standard InChI is InChI=1S/2C6H6N2O2.Mn/c2*9-7-8(10)6-4-2-1-3-5-6;/h2*1-5,10H;. The Balaban J connectivity index is 0.000000364. The molecule has 2 N–H and O–H groups in total. The molecule has 0 amide bonds. The molecular weight excluding hydrogens is 319 g/mol. The smallest absolute Gasteiger partial charge is 0.0932 e. The van der Waals surface area contributed by atoms with Crippen LogP contribution in [-0.4, -0.2) is 10.4 Å². The second-order valence-corrected chi connectivity index (χ2v) is 3.41. The first-order valence-corrected chi connectivity index (χ1v) is 5.43. The van der Waals surface area contributed by atoms with Gasteiger partial charge in [-0.2, -0.15) is 0 Å². The normalized spacial score (nSPS) is 8.48. The molecule has 0 aliphatic rings. The third-order valence-corrected chi connectivity index (χ3v) is 2.13. The van der Waals surface area contributed by atoms with Crippen molar-refractivity contribution in [2.75, 3.05) is 10.3 Å². The van der Waals surface area contributed by atoms with Crippen LogP contribution in [0.1, 0.15) is 0 Å². The molecule has 2 aromatic rings. The summed E-state index contributed by atoms with van der Waals surface area (Å²) in [6.45, 7) is 0. The van der Waals surface area contributed by atoms with E-state index in [1.54, 1.807) is 60.7 Å². The second-order valence-electron chi connectivity index (χ2n) is 3.41. The van der Waals surface area contributed by atoms with Crippen LogP contribution in [0.5, 0.6) is 0 Å². The van der Waals surface area contributed by atoms with Gasteiger partial charge in [0.15, 0.2) is 0 Å². The molecular formula is C12H12MnN4O4. The van der Waals surface area contributed by atoms with Gasteiger partial charge < -0.3 is 0 Å². The van der Waals surface area contributed by atoms with Crippen molar-refractivity contribution in [3.8, 4) is 0 Å². The van der Waals surface area contributed by atoms with Crippen LogP contribution in [0, 0.1) is 9.81 Å². The molecule has 0 heterocycles. The molecule has 21 heavy (non-hydrogen) atoms. The zero-order chi connectivity index (χ0) is 14.8. The number of rotatable bonds is 4. The molecule has 0 atom stereocenters. The van der Waals surface area contributed by atoms with Crippen molar-refractivity contribution in [1.82, 2.24) is 0 Å². The maximum Gasteiger partial charge on any atom is 0.0932 e. The quantitative estimate of drug-likeness (QED) is 0.506. The maximum absolute atomic E-state index is 9.73. The van der Waals surface area contributed by atoms with E-state index < -0.39 is 0 Å². The average molecular weight is 331 g/mol. The monoisotopic (exact) mass is 331 g/mol. The molecule has 0 fully saturated rings. The fourth-order valence-electron chi connectivity index (χ4n) is 1.22. The van der Waals surface area contributed by atoms with Crippen molar-refractivity contribution in [2.45, 2.75) is 0 Å². The molecule has 9 heteroatoms. The molecule has 111 valence electrons. The van der Waals surface area contributed by atoms with Gasteiger partial charge in [-0.3, -0.25) is 10.4 Å². The number of hydrogen-bond donors (Lipinski definition) is 2. The van der Waals surface area contributed by atoms with E-state index in [0.29, 0.717) is 11.4 Å². The Morgan fingerprint density at radius 3 is 1.19 bits per heavy atom. The summed E-state index contributed by atoms with van der Waals surface area (Å²) in [6, 6.07) is 16.6. The molecule has 0 aromatic heterocycles. The van der Waals surface area contributed by atoms with E-state index in [2.05, 4.69) is 10.6 Å². The van der Waals surface area contributed by atoms with Gasteiger partial charge in [-0.05, 0) is 24.3 Å². The van der Waals surface area contributed by atoms with Crippen molar-refractivity contribution >= 4 is 11.4 Å². The predicted octanol–water partition coefficient (Wildman–Crippen LogP) is 3.12. The fraction of sp³-hybridized carbons (Fsp3) is 0. The molecule has 0 bridgehead atoms. The molecule has 0 saturated heterocycles. The van der Waals surface area contributed by atoms with Crippen molar-refractivity contribution in [1.29, 1.82) is 0 Å². The van der Waals surface area contributed by atoms with Crippen LogP contribution in [0.25, 0.3) is 0 Å². The van der Waals surface area contributed by atoms with Crippen LogP contribution in [0.2, 0.25) is 0 Å². The van der Waals surface area contributed by atoms with Crippen LogP contribution >= 0.6 is 0 Å². The molecule has 0 aliphatic carbocycles.